The van der Waals surface area contributed by atoms with E-state index in [1.54, 1.807) is 11.0 Å². The first-order valence-electron chi connectivity index (χ1n) is 9.55. The molecule has 0 unspecified atom stereocenters. The monoisotopic (exact) mass is 369 g/mol. The number of fused-ring (bicyclic) bond motifs is 1. The number of aliphatic carboxylic acids is 1. The fraction of sp³-hybridized carbons (Fsp3) is 0.476. The third-order valence-electron chi connectivity index (χ3n) is 5.48. The van der Waals surface area contributed by atoms with Gasteiger partial charge in [-0.3, -0.25) is 9.79 Å². The van der Waals surface area contributed by atoms with Crippen molar-refractivity contribution in [2.45, 2.75) is 25.7 Å². The van der Waals surface area contributed by atoms with Crippen molar-refractivity contribution >= 4 is 17.7 Å². The number of nitrogens with one attached hydrogen (secondary N) is 1. The van der Waals surface area contributed by atoms with Gasteiger partial charge in [0.05, 0.1) is 0 Å². The number of nitrogens with zero attached hydrogens (tertiary/aromatic N) is 2. The van der Waals surface area contributed by atoms with Crippen LogP contribution in [0.2, 0.25) is 0 Å². The number of aliphatic imine (C=N–C) groups is 1. The number of hydrogen-bond donors (Lipinski definition) is 2. The molecule has 3 rings (SSSR count). The van der Waals surface area contributed by atoms with E-state index in [1.165, 1.54) is 11.1 Å². The van der Waals surface area contributed by atoms with Gasteiger partial charge in [0.25, 0.3) is 0 Å². The van der Waals surface area contributed by atoms with Crippen LogP contribution in [0.4, 0.5) is 4.79 Å². The smallest absolute Gasteiger partial charge is 0.317 e. The van der Waals surface area contributed by atoms with E-state index in [1.807, 2.05) is 12.1 Å². The molecule has 2 aliphatic rings. The Hall–Kier alpha value is -2.63. The quantitative estimate of drug-likeness (QED) is 0.757. The summed E-state index contributed by atoms with van der Waals surface area (Å²) in [5.41, 5.74) is 3.52. The predicted octanol–water partition coefficient (Wildman–Crippen LogP) is 2.73. The third-order valence-corrected chi connectivity index (χ3v) is 5.48. The number of piperidine rings is 1. The molecular weight excluding hydrogens is 342 g/mol. The molecule has 0 aromatic heterocycles. The minimum Gasteiger partial charge on any atom is -0.481 e. The molecule has 2 heterocycles. The van der Waals surface area contributed by atoms with Gasteiger partial charge < -0.3 is 15.3 Å². The van der Waals surface area contributed by atoms with Gasteiger partial charge in [-0.1, -0.05) is 30.3 Å². The van der Waals surface area contributed by atoms with Crippen LogP contribution < -0.4 is 5.32 Å². The number of carboxylic acids is 1. The standard InChI is InChI=1S/C21H27N3O3/c1-2-9-23-21(27)24-11-8-16(13-20(25)26)17(14-24)12-19-18-6-4-3-5-15(18)7-10-22-19/h2-6,16-17H,1,7-14H2,(H,23,27)(H,25,26)/t16-,17-/m0/s1. The maximum absolute atomic E-state index is 12.3. The highest BCUT2D eigenvalue weighted by molar-refractivity contribution is 6.02. The number of amides is 2. The second-order valence-electron chi connectivity index (χ2n) is 7.27. The van der Waals surface area contributed by atoms with E-state index in [0.717, 1.165) is 18.7 Å². The summed E-state index contributed by atoms with van der Waals surface area (Å²) in [6.07, 6.45) is 4.15. The van der Waals surface area contributed by atoms with E-state index in [0.29, 0.717) is 32.5 Å². The van der Waals surface area contributed by atoms with Gasteiger partial charge in [0.1, 0.15) is 0 Å². The lowest BCUT2D eigenvalue weighted by Crippen LogP contribution is -2.49. The van der Waals surface area contributed by atoms with Crippen molar-refractivity contribution in [3.05, 3.63) is 48.0 Å². The highest BCUT2D eigenvalue weighted by atomic mass is 16.4. The van der Waals surface area contributed by atoms with Crippen LogP contribution in [0.5, 0.6) is 0 Å². The minimum atomic E-state index is -0.777. The number of carbonyl (C=O) groups is 2. The number of rotatable bonds is 6. The summed E-state index contributed by atoms with van der Waals surface area (Å²) in [6, 6.07) is 8.18. The highest BCUT2D eigenvalue weighted by Crippen LogP contribution is 2.32. The molecule has 144 valence electrons. The Morgan fingerprint density at radius 1 is 1.33 bits per heavy atom. The van der Waals surface area contributed by atoms with E-state index in [4.69, 9.17) is 4.99 Å². The Labute approximate surface area is 160 Å². The van der Waals surface area contributed by atoms with E-state index < -0.39 is 5.97 Å². The molecule has 2 aliphatic heterocycles. The van der Waals surface area contributed by atoms with Gasteiger partial charge in [-0.2, -0.15) is 0 Å². The molecule has 2 N–H and O–H groups in total. The largest absolute Gasteiger partial charge is 0.481 e. The normalized spacial score (nSPS) is 21.8. The summed E-state index contributed by atoms with van der Waals surface area (Å²) < 4.78 is 0. The van der Waals surface area contributed by atoms with Gasteiger partial charge in [-0.05, 0) is 42.2 Å². The molecule has 27 heavy (non-hydrogen) atoms. The summed E-state index contributed by atoms with van der Waals surface area (Å²) in [7, 11) is 0. The molecule has 0 radical (unpaired) electrons. The lowest BCUT2D eigenvalue weighted by Gasteiger charge is -2.38. The zero-order valence-electron chi connectivity index (χ0n) is 15.6. The van der Waals surface area contributed by atoms with Crippen LogP contribution in [-0.2, 0) is 11.2 Å². The van der Waals surface area contributed by atoms with Crippen LogP contribution in [0.15, 0.2) is 41.9 Å². The van der Waals surface area contributed by atoms with Gasteiger partial charge in [-0.15, -0.1) is 6.58 Å². The van der Waals surface area contributed by atoms with E-state index in [2.05, 4.69) is 24.0 Å². The number of benzene rings is 1. The Kier molecular flexibility index (Phi) is 6.27. The number of carboxylic acid groups (broad SMARTS) is 1. The van der Waals surface area contributed by atoms with Crippen molar-refractivity contribution in [1.82, 2.24) is 10.2 Å². The number of carbonyl (C=O) groups excluding carboxylic acids is 1. The molecule has 1 aromatic carbocycles. The summed E-state index contributed by atoms with van der Waals surface area (Å²) in [6.45, 7) is 5.96. The summed E-state index contributed by atoms with van der Waals surface area (Å²) >= 11 is 0. The average Bonchev–Trinajstić information content (AvgIpc) is 2.67. The molecule has 1 fully saturated rings. The van der Waals surface area contributed by atoms with Crippen molar-refractivity contribution in [2.24, 2.45) is 16.8 Å². The van der Waals surface area contributed by atoms with E-state index >= 15 is 0 Å². The predicted molar refractivity (Wildman–Crippen MR) is 105 cm³/mol. The Balaban J connectivity index is 1.75. The molecule has 0 saturated carbocycles. The van der Waals surface area contributed by atoms with E-state index in [9.17, 15) is 14.7 Å². The lowest BCUT2D eigenvalue weighted by molar-refractivity contribution is -0.138. The van der Waals surface area contributed by atoms with Crippen molar-refractivity contribution in [2.75, 3.05) is 26.2 Å². The molecule has 1 saturated heterocycles. The van der Waals surface area contributed by atoms with Gasteiger partial charge in [-0.25, -0.2) is 4.79 Å². The first-order chi connectivity index (χ1) is 13.1. The number of likely N-dealkylation sites (tertiary alicyclic amines) is 1. The third kappa shape index (κ3) is 4.76. The van der Waals surface area contributed by atoms with Crippen LogP contribution in [0.25, 0.3) is 0 Å². The van der Waals surface area contributed by atoms with Crippen molar-refractivity contribution in [1.29, 1.82) is 0 Å². The average molecular weight is 369 g/mol. The van der Waals surface area contributed by atoms with Crippen LogP contribution in [-0.4, -0.2) is 53.9 Å². The minimum absolute atomic E-state index is 0.0581. The maximum atomic E-state index is 12.3. The summed E-state index contributed by atoms with van der Waals surface area (Å²) in [5.74, 6) is -0.627. The van der Waals surface area contributed by atoms with Crippen molar-refractivity contribution in [3.63, 3.8) is 0 Å². The zero-order chi connectivity index (χ0) is 19.2. The summed E-state index contributed by atoms with van der Waals surface area (Å²) in [5, 5.41) is 12.1. The molecule has 2 atom stereocenters. The Morgan fingerprint density at radius 2 is 2.15 bits per heavy atom. The molecule has 6 heteroatoms. The molecule has 0 spiro atoms. The SMILES string of the molecule is C=CCNC(=O)N1CC[C@@H](CC(=O)O)[C@@H](CC2=NCCc3ccccc32)C1. The molecular formula is C21H27N3O3. The van der Waals surface area contributed by atoms with Gasteiger partial charge in [0.2, 0.25) is 0 Å². The van der Waals surface area contributed by atoms with Gasteiger partial charge in [0.15, 0.2) is 0 Å². The second kappa shape index (κ2) is 8.84. The van der Waals surface area contributed by atoms with Crippen molar-refractivity contribution < 1.29 is 14.7 Å². The second-order valence-corrected chi connectivity index (χ2v) is 7.27. The van der Waals surface area contributed by atoms with Crippen LogP contribution in [0.1, 0.15) is 30.4 Å². The van der Waals surface area contributed by atoms with Crippen LogP contribution in [0.3, 0.4) is 0 Å². The van der Waals surface area contributed by atoms with E-state index in [-0.39, 0.29) is 24.3 Å². The van der Waals surface area contributed by atoms with Gasteiger partial charge in [0, 0.05) is 38.3 Å². The lowest BCUT2D eigenvalue weighted by atomic mass is 9.78. The molecule has 6 nitrogen and oxygen atoms in total. The number of hydrogen-bond acceptors (Lipinski definition) is 3. The molecule has 0 bridgehead atoms. The fourth-order valence-corrected chi connectivity index (χ4v) is 4.10. The Bertz CT molecular complexity index is 744. The molecule has 0 aliphatic carbocycles. The fourth-order valence-electron chi connectivity index (χ4n) is 4.10. The highest BCUT2D eigenvalue weighted by Gasteiger charge is 2.34. The zero-order valence-corrected chi connectivity index (χ0v) is 15.6. The molecule has 2 amide bonds. The first kappa shape index (κ1) is 19.1. The molecule has 1 aromatic rings. The number of urea groups is 1. The Morgan fingerprint density at radius 3 is 2.93 bits per heavy atom. The van der Waals surface area contributed by atoms with Crippen LogP contribution >= 0.6 is 0 Å². The maximum Gasteiger partial charge on any atom is 0.317 e. The first-order valence-corrected chi connectivity index (χ1v) is 9.55. The van der Waals surface area contributed by atoms with Crippen molar-refractivity contribution in [3.8, 4) is 0 Å². The topological polar surface area (TPSA) is 82.0 Å². The summed E-state index contributed by atoms with van der Waals surface area (Å²) in [4.78, 5) is 30.2. The van der Waals surface area contributed by atoms with Crippen LogP contribution in [0, 0.1) is 11.8 Å². The van der Waals surface area contributed by atoms with Gasteiger partial charge >= 0.3 is 12.0 Å².